The number of amides is 2. The van der Waals surface area contributed by atoms with Crippen molar-refractivity contribution in [3.8, 4) is 0 Å². The minimum atomic E-state index is -3.88. The first-order chi connectivity index (χ1) is 20.2. The number of likely N-dealkylation sites (N-methyl/N-ethyl adjacent to an activating group) is 1. The number of anilines is 1. The summed E-state index contributed by atoms with van der Waals surface area (Å²) in [5.74, 6) is 2.00. The van der Waals surface area contributed by atoms with Gasteiger partial charge in [0.15, 0.2) is 0 Å². The maximum Gasteiger partial charge on any atom is 0.476 e. The highest BCUT2D eigenvalue weighted by Crippen LogP contribution is 2.50. The van der Waals surface area contributed by atoms with Gasteiger partial charge in [0, 0.05) is 48.2 Å². The molecule has 1 aromatic carbocycles. The molecule has 0 aliphatic carbocycles. The minimum Gasteiger partial charge on any atom is -0.459 e. The summed E-state index contributed by atoms with van der Waals surface area (Å²) in [6, 6.07) is 9.68. The van der Waals surface area contributed by atoms with Gasteiger partial charge in [-0.2, -0.15) is 0 Å². The van der Waals surface area contributed by atoms with Crippen LogP contribution in [0.15, 0.2) is 47.0 Å². The second-order valence-corrected chi connectivity index (χ2v) is 15.9. The molecular formula is C27H30I2N3O7PS2. The first-order valence-electron chi connectivity index (χ1n) is 12.9. The molecule has 0 saturated heterocycles. The molecule has 2 aromatic heterocycles. The Morgan fingerprint density at radius 2 is 1.88 bits per heavy atom. The first-order valence-corrected chi connectivity index (χ1v) is 21.5. The van der Waals surface area contributed by atoms with Gasteiger partial charge in [-0.3, -0.25) is 28.1 Å². The van der Waals surface area contributed by atoms with E-state index < -0.39 is 7.82 Å². The predicted octanol–water partition coefficient (Wildman–Crippen LogP) is 7.37. The average Bonchev–Trinajstić information content (AvgIpc) is 3.30. The summed E-state index contributed by atoms with van der Waals surface area (Å²) < 4.78 is 35.6. The third-order valence-corrected chi connectivity index (χ3v) is 11.1. The number of rotatable bonds is 15. The molecule has 0 N–H and O–H groups in total. The molecule has 1 aliphatic rings. The van der Waals surface area contributed by atoms with Crippen molar-refractivity contribution in [3.63, 3.8) is 0 Å². The lowest BCUT2D eigenvalue weighted by molar-refractivity contribution is -0.125. The monoisotopic (exact) mass is 857 g/mol. The van der Waals surface area contributed by atoms with Gasteiger partial charge >= 0.3 is 7.82 Å². The van der Waals surface area contributed by atoms with E-state index in [9.17, 15) is 14.2 Å². The molecule has 0 unspecified atom stereocenters. The van der Waals surface area contributed by atoms with Crippen LogP contribution in [0, 0.1) is 6.92 Å². The van der Waals surface area contributed by atoms with E-state index in [0.717, 1.165) is 33.4 Å². The van der Waals surface area contributed by atoms with Gasteiger partial charge in [0.1, 0.15) is 23.9 Å². The number of aryl methyl sites for hydroxylation is 2. The van der Waals surface area contributed by atoms with Crippen LogP contribution in [0.25, 0.3) is 17.0 Å². The molecule has 1 aliphatic heterocycles. The molecule has 3 heterocycles. The summed E-state index contributed by atoms with van der Waals surface area (Å²) in [7, 11) is 0.881. The highest BCUT2D eigenvalue weighted by atomic mass is 127. The molecule has 226 valence electrons. The Bertz CT molecular complexity index is 1480. The Balaban J connectivity index is 1.41. The summed E-state index contributed by atoms with van der Waals surface area (Å²) in [5, 5.41) is 1.04. The molecule has 42 heavy (non-hydrogen) atoms. The van der Waals surface area contributed by atoms with Crippen molar-refractivity contribution in [1.82, 2.24) is 9.88 Å². The number of hydrogen-bond donors (Lipinski definition) is 0. The fourth-order valence-electron chi connectivity index (χ4n) is 4.23. The molecule has 0 radical (unpaired) electrons. The van der Waals surface area contributed by atoms with Crippen LogP contribution < -0.4 is 4.90 Å². The molecule has 2 amide bonds. The summed E-state index contributed by atoms with van der Waals surface area (Å²) in [6.07, 6.45) is 5.50. The molecule has 4 rings (SSSR count). The topological polar surface area (TPSA) is 111 Å². The summed E-state index contributed by atoms with van der Waals surface area (Å²) in [5.41, 5.74) is 3.35. The summed E-state index contributed by atoms with van der Waals surface area (Å²) in [6.45, 7) is 2.39. The van der Waals surface area contributed by atoms with E-state index in [-0.39, 0.29) is 38.2 Å². The van der Waals surface area contributed by atoms with E-state index in [0.29, 0.717) is 30.3 Å². The molecule has 0 fully saturated rings. The van der Waals surface area contributed by atoms with E-state index in [2.05, 4.69) is 47.4 Å². The van der Waals surface area contributed by atoms with Crippen molar-refractivity contribution in [2.75, 3.05) is 43.4 Å². The fraction of sp³-hybridized carbons (Fsp3) is 0.370. The van der Waals surface area contributed by atoms with Crippen LogP contribution in [0.4, 0.5) is 5.82 Å². The number of phosphoric ester groups is 1. The number of phosphoric acid groups is 1. The zero-order valence-electron chi connectivity index (χ0n) is 23.0. The third-order valence-electron chi connectivity index (χ3n) is 6.41. The largest absolute Gasteiger partial charge is 0.476 e. The van der Waals surface area contributed by atoms with Gasteiger partial charge in [0.25, 0.3) is 0 Å². The van der Waals surface area contributed by atoms with E-state index in [4.69, 9.17) is 18.0 Å². The third kappa shape index (κ3) is 8.96. The minimum absolute atomic E-state index is 0.185. The average molecular weight is 857 g/mol. The second-order valence-electron chi connectivity index (χ2n) is 9.25. The van der Waals surface area contributed by atoms with Gasteiger partial charge in [-0.1, -0.05) is 36.1 Å². The molecule has 10 nitrogen and oxygen atoms in total. The van der Waals surface area contributed by atoms with Gasteiger partial charge in [-0.25, -0.2) is 9.55 Å². The Morgan fingerprint density at radius 1 is 1.17 bits per heavy atom. The molecule has 15 heteroatoms. The highest BCUT2D eigenvalue weighted by Gasteiger charge is 2.32. The number of fused-ring (bicyclic) bond motifs is 2. The smallest absolute Gasteiger partial charge is 0.459 e. The van der Waals surface area contributed by atoms with Crippen molar-refractivity contribution < 1.29 is 32.1 Å². The van der Waals surface area contributed by atoms with Crippen molar-refractivity contribution in [2.24, 2.45) is 0 Å². The fourth-order valence-corrected chi connectivity index (χ4v) is 6.96. The number of carbonyl (C=O) groups is 2. The maximum absolute atomic E-state index is 13.2. The van der Waals surface area contributed by atoms with E-state index in [1.165, 1.54) is 28.8 Å². The van der Waals surface area contributed by atoms with Crippen LogP contribution in [0.2, 0.25) is 0 Å². The predicted molar refractivity (Wildman–Crippen MR) is 185 cm³/mol. The van der Waals surface area contributed by atoms with Crippen LogP contribution in [-0.2, 0) is 40.7 Å². The van der Waals surface area contributed by atoms with Crippen molar-refractivity contribution in [1.29, 1.82) is 0 Å². The number of pyridine rings is 1. The standard InChI is InChI=1S/C27H30I2N3O7PS2/c1-19-22-5-3-4-6-23(22)39-24(19)17-31(2)25(33)9-7-20-15-21-8-10-26(34)32(27(21)30-16-20)18-38-40(35,36-11-13-41-28)37-12-14-42-29/h3-7,9,15-16H,8,10-14,17-18H2,1-2H3/b9-7+. The number of nitrogens with zero attached hydrogens (tertiary/aromatic N) is 3. The van der Waals surface area contributed by atoms with Crippen LogP contribution in [0.5, 0.6) is 0 Å². The van der Waals surface area contributed by atoms with Gasteiger partial charge in [0.2, 0.25) is 11.8 Å². The lowest BCUT2D eigenvalue weighted by Gasteiger charge is -2.29. The first kappa shape index (κ1) is 33.7. The molecule has 0 atom stereocenters. The summed E-state index contributed by atoms with van der Waals surface area (Å²) >= 11 is 4.25. The Morgan fingerprint density at radius 3 is 2.57 bits per heavy atom. The Kier molecular flexibility index (Phi) is 13.1. The maximum atomic E-state index is 13.2. The zero-order chi connectivity index (χ0) is 30.1. The normalized spacial score (nSPS) is 13.7. The number of carbonyl (C=O) groups excluding carboxylic acids is 2. The zero-order valence-corrected chi connectivity index (χ0v) is 29.8. The number of para-hydroxylation sites is 1. The van der Waals surface area contributed by atoms with Crippen LogP contribution in [0.1, 0.15) is 28.9 Å². The Hall–Kier alpha value is -1.14. The Labute approximate surface area is 277 Å². The van der Waals surface area contributed by atoms with Crippen LogP contribution >= 0.6 is 68.1 Å². The van der Waals surface area contributed by atoms with Gasteiger partial charge in [0.05, 0.1) is 19.8 Å². The number of halogens is 2. The van der Waals surface area contributed by atoms with Crippen molar-refractivity contribution in [3.05, 3.63) is 65.1 Å². The van der Waals surface area contributed by atoms with Gasteiger partial charge in [-0.05, 0) is 85.1 Å². The number of benzene rings is 1. The van der Waals surface area contributed by atoms with Gasteiger partial charge in [-0.15, -0.1) is 0 Å². The summed E-state index contributed by atoms with van der Waals surface area (Å²) in [4.78, 5) is 33.0. The number of aromatic nitrogens is 1. The highest BCUT2D eigenvalue weighted by molar-refractivity contribution is 14.2. The van der Waals surface area contributed by atoms with E-state index in [1.54, 1.807) is 24.2 Å². The number of hydrogen-bond acceptors (Lipinski definition) is 10. The van der Waals surface area contributed by atoms with Crippen LogP contribution in [0.3, 0.4) is 0 Å². The van der Waals surface area contributed by atoms with Gasteiger partial charge < -0.3 is 9.32 Å². The lowest BCUT2D eigenvalue weighted by atomic mass is 10.0. The molecular weight excluding hydrogens is 827 g/mol. The molecule has 3 aromatic rings. The second kappa shape index (κ2) is 16.3. The lowest BCUT2D eigenvalue weighted by Crippen LogP contribution is -2.37. The number of furan rings is 1. The quantitative estimate of drug-likeness (QED) is 0.0666. The SMILES string of the molecule is Cc1c(CN(C)C(=O)/C=C/c2cnc3c(c2)CCC(=O)N3COP(=O)(OCCSI)OCCSI)oc2ccccc12. The van der Waals surface area contributed by atoms with Crippen molar-refractivity contribution >= 4 is 103 Å². The van der Waals surface area contributed by atoms with Crippen molar-refractivity contribution in [2.45, 2.75) is 26.3 Å². The van der Waals surface area contributed by atoms with E-state index >= 15 is 0 Å². The molecule has 0 bridgehead atoms. The van der Waals surface area contributed by atoms with E-state index in [1.807, 2.05) is 37.3 Å². The molecule has 0 spiro atoms. The van der Waals surface area contributed by atoms with Crippen LogP contribution in [-0.4, -0.2) is 60.2 Å². The molecule has 0 saturated carbocycles.